The van der Waals surface area contributed by atoms with Gasteiger partial charge in [-0.2, -0.15) is 13.7 Å². The third-order valence-corrected chi connectivity index (χ3v) is 3.76. The zero-order chi connectivity index (χ0) is 13.3. The average molecular weight is 269 g/mol. The van der Waals surface area contributed by atoms with Gasteiger partial charge in [0.2, 0.25) is 5.91 Å². The van der Waals surface area contributed by atoms with Crippen molar-refractivity contribution in [1.29, 1.82) is 5.26 Å². The Morgan fingerprint density at radius 1 is 1.56 bits per heavy atom. The number of carbonyl (C=O) groups excluding carboxylic acids is 1. The first-order valence-electron chi connectivity index (χ1n) is 5.02. The summed E-state index contributed by atoms with van der Waals surface area (Å²) in [4.78, 5) is 16.5. The number of hydrogen-bond acceptors (Lipinski definition) is 5. The normalized spacial score (nSPS) is 19.9. The van der Waals surface area contributed by atoms with Gasteiger partial charge < -0.3 is 0 Å². The van der Waals surface area contributed by atoms with Crippen LogP contribution in [0.2, 0.25) is 0 Å². The summed E-state index contributed by atoms with van der Waals surface area (Å²) in [6, 6.07) is 4.82. The fourth-order valence-electron chi connectivity index (χ4n) is 1.77. The van der Waals surface area contributed by atoms with E-state index in [1.54, 1.807) is 0 Å². The molecular weight excluding hydrogens is 261 g/mol. The highest BCUT2D eigenvalue weighted by atomic mass is 32.3. The van der Waals surface area contributed by atoms with Crippen LogP contribution in [0.3, 0.4) is 0 Å². The Bertz CT molecular complexity index is 638. The molecule has 2 heterocycles. The standard InChI is InChI=1S/C10H8FN3O3S/c11-18(16,17)8-4-9(15)14(6-8)10-7(5-12)2-1-3-13-10/h1-3,8H,4,6H2. The van der Waals surface area contributed by atoms with Crippen LogP contribution in [0.15, 0.2) is 18.3 Å². The molecule has 0 spiro atoms. The fourth-order valence-corrected chi connectivity index (χ4v) is 2.44. The molecule has 1 saturated heterocycles. The van der Waals surface area contributed by atoms with E-state index in [0.717, 1.165) is 4.90 Å². The predicted octanol–water partition coefficient (Wildman–Crippen LogP) is 0.358. The maximum absolute atomic E-state index is 12.8. The van der Waals surface area contributed by atoms with E-state index in [1.165, 1.54) is 18.3 Å². The van der Waals surface area contributed by atoms with Gasteiger partial charge in [-0.3, -0.25) is 9.69 Å². The Morgan fingerprint density at radius 3 is 2.83 bits per heavy atom. The molecule has 1 amide bonds. The Hall–Kier alpha value is -2.01. The highest BCUT2D eigenvalue weighted by Crippen LogP contribution is 2.26. The molecule has 8 heteroatoms. The van der Waals surface area contributed by atoms with E-state index >= 15 is 0 Å². The van der Waals surface area contributed by atoms with Crippen LogP contribution in [-0.4, -0.2) is 31.1 Å². The summed E-state index contributed by atoms with van der Waals surface area (Å²) < 4.78 is 34.4. The van der Waals surface area contributed by atoms with Gasteiger partial charge in [0.1, 0.15) is 11.3 Å². The number of hydrogen-bond donors (Lipinski definition) is 0. The zero-order valence-corrected chi connectivity index (χ0v) is 9.89. The first-order valence-corrected chi connectivity index (χ1v) is 6.47. The van der Waals surface area contributed by atoms with Gasteiger partial charge in [0.05, 0.1) is 5.56 Å². The number of amides is 1. The Morgan fingerprint density at radius 2 is 2.28 bits per heavy atom. The lowest BCUT2D eigenvalue weighted by Crippen LogP contribution is -2.28. The van der Waals surface area contributed by atoms with Crippen molar-refractivity contribution in [2.45, 2.75) is 11.7 Å². The molecule has 1 unspecified atom stereocenters. The van der Waals surface area contributed by atoms with Crippen LogP contribution in [-0.2, 0) is 15.0 Å². The first-order chi connectivity index (χ1) is 8.43. The summed E-state index contributed by atoms with van der Waals surface area (Å²) in [6.45, 7) is -0.316. The number of nitrogens with zero attached hydrogens (tertiary/aromatic N) is 3. The number of carbonyl (C=O) groups is 1. The molecule has 0 aliphatic carbocycles. The minimum absolute atomic E-state index is 0.0659. The van der Waals surface area contributed by atoms with E-state index < -0.39 is 27.8 Å². The summed E-state index contributed by atoms with van der Waals surface area (Å²) in [7, 11) is -4.77. The fraction of sp³-hybridized carbons (Fsp3) is 0.300. The molecule has 1 aliphatic heterocycles. The summed E-state index contributed by atoms with van der Waals surface area (Å²) in [6.07, 6.45) is 0.945. The van der Waals surface area contributed by atoms with E-state index in [4.69, 9.17) is 5.26 Å². The van der Waals surface area contributed by atoms with Gasteiger partial charge in [-0.05, 0) is 12.1 Å². The SMILES string of the molecule is N#Cc1cccnc1N1CC(S(=O)(=O)F)CC1=O. The molecule has 1 aromatic rings. The smallest absolute Gasteiger partial charge is 0.294 e. The van der Waals surface area contributed by atoms with Crippen LogP contribution < -0.4 is 4.90 Å². The van der Waals surface area contributed by atoms with Crippen molar-refractivity contribution in [3.8, 4) is 6.07 Å². The second-order valence-corrected chi connectivity index (χ2v) is 5.41. The molecule has 6 nitrogen and oxygen atoms in total. The molecule has 0 radical (unpaired) electrons. The van der Waals surface area contributed by atoms with Gasteiger partial charge in [0.25, 0.3) is 0 Å². The predicted molar refractivity (Wildman–Crippen MR) is 59.7 cm³/mol. The van der Waals surface area contributed by atoms with Crippen LogP contribution >= 0.6 is 0 Å². The van der Waals surface area contributed by atoms with Crippen LogP contribution in [0, 0.1) is 11.3 Å². The van der Waals surface area contributed by atoms with Gasteiger partial charge >= 0.3 is 10.2 Å². The van der Waals surface area contributed by atoms with Gasteiger partial charge in [-0.25, -0.2) is 4.98 Å². The summed E-state index contributed by atoms with van der Waals surface area (Å²) in [5.74, 6) is -0.493. The molecule has 0 bridgehead atoms. The van der Waals surface area contributed by atoms with Crippen molar-refractivity contribution in [3.05, 3.63) is 23.9 Å². The van der Waals surface area contributed by atoms with Gasteiger partial charge in [-0.1, -0.05) is 0 Å². The molecule has 94 valence electrons. The third-order valence-electron chi connectivity index (χ3n) is 2.65. The van der Waals surface area contributed by atoms with Crippen molar-refractivity contribution in [3.63, 3.8) is 0 Å². The van der Waals surface area contributed by atoms with E-state index in [9.17, 15) is 17.1 Å². The lowest BCUT2D eigenvalue weighted by atomic mass is 10.2. The quantitative estimate of drug-likeness (QED) is 0.723. The largest absolute Gasteiger partial charge is 0.307 e. The van der Waals surface area contributed by atoms with Gasteiger partial charge in [-0.15, -0.1) is 3.89 Å². The molecule has 1 aromatic heterocycles. The molecule has 1 atom stereocenters. The number of halogens is 1. The topological polar surface area (TPSA) is 91.1 Å². The number of anilines is 1. The Kier molecular flexibility index (Phi) is 3.00. The van der Waals surface area contributed by atoms with Gasteiger partial charge in [0, 0.05) is 19.2 Å². The van der Waals surface area contributed by atoms with Crippen LogP contribution in [0.4, 0.5) is 9.70 Å². The second-order valence-electron chi connectivity index (χ2n) is 3.79. The maximum atomic E-state index is 12.8. The van der Waals surface area contributed by atoms with E-state index in [0.29, 0.717) is 0 Å². The second kappa shape index (κ2) is 4.34. The first kappa shape index (κ1) is 12.4. The Labute approximate surface area is 103 Å². The third kappa shape index (κ3) is 2.17. The van der Waals surface area contributed by atoms with E-state index in [2.05, 4.69) is 4.98 Å². The van der Waals surface area contributed by atoms with Crippen molar-refractivity contribution in [1.82, 2.24) is 4.98 Å². The minimum Gasteiger partial charge on any atom is -0.294 e. The average Bonchev–Trinajstić information content (AvgIpc) is 2.71. The maximum Gasteiger partial charge on any atom is 0.307 e. The highest BCUT2D eigenvalue weighted by Gasteiger charge is 2.40. The van der Waals surface area contributed by atoms with Gasteiger partial charge in [0.15, 0.2) is 5.82 Å². The lowest BCUT2D eigenvalue weighted by molar-refractivity contribution is -0.117. The molecule has 0 N–H and O–H groups in total. The summed E-state index contributed by atoms with van der Waals surface area (Å²) >= 11 is 0. The number of rotatable bonds is 2. The summed E-state index contributed by atoms with van der Waals surface area (Å²) in [5.41, 5.74) is 0.141. The minimum atomic E-state index is -4.77. The van der Waals surface area contributed by atoms with Crippen molar-refractivity contribution < 1.29 is 17.1 Å². The van der Waals surface area contributed by atoms with Crippen molar-refractivity contribution in [2.75, 3.05) is 11.4 Å². The lowest BCUT2D eigenvalue weighted by Gasteiger charge is -2.15. The molecule has 1 fully saturated rings. The number of aromatic nitrogens is 1. The van der Waals surface area contributed by atoms with Crippen molar-refractivity contribution >= 4 is 21.9 Å². The van der Waals surface area contributed by atoms with Crippen LogP contribution in [0.1, 0.15) is 12.0 Å². The Balaban J connectivity index is 2.37. The summed E-state index contributed by atoms with van der Waals surface area (Å²) in [5, 5.41) is 7.48. The zero-order valence-electron chi connectivity index (χ0n) is 9.08. The molecule has 2 rings (SSSR count). The van der Waals surface area contributed by atoms with E-state index in [1.807, 2.05) is 6.07 Å². The number of nitriles is 1. The molecule has 0 aromatic carbocycles. The van der Waals surface area contributed by atoms with E-state index in [-0.39, 0.29) is 17.9 Å². The number of pyridine rings is 1. The highest BCUT2D eigenvalue weighted by molar-refractivity contribution is 7.87. The molecule has 0 saturated carbocycles. The molecule has 18 heavy (non-hydrogen) atoms. The monoisotopic (exact) mass is 269 g/mol. The van der Waals surface area contributed by atoms with Crippen LogP contribution in [0.25, 0.3) is 0 Å². The molecular formula is C10H8FN3O3S. The molecule has 1 aliphatic rings. The van der Waals surface area contributed by atoms with Crippen LogP contribution in [0.5, 0.6) is 0 Å². The van der Waals surface area contributed by atoms with Crippen molar-refractivity contribution in [2.24, 2.45) is 0 Å².